The zero-order chi connectivity index (χ0) is 28.0. The molecule has 2 heterocycles. The van der Waals surface area contributed by atoms with E-state index in [9.17, 15) is 27.9 Å². The number of alkyl halides is 3. The summed E-state index contributed by atoms with van der Waals surface area (Å²) in [6, 6.07) is 11.6. The van der Waals surface area contributed by atoms with Crippen molar-refractivity contribution >= 4 is 17.5 Å². The molecule has 3 aromatic rings. The molecule has 0 spiro atoms. The molecule has 10 heteroatoms. The number of aromatic nitrogens is 1. The second-order valence-corrected chi connectivity index (χ2v) is 9.06. The molecule has 1 aliphatic rings. The predicted octanol–water partition coefficient (Wildman–Crippen LogP) is 4.31. The molecule has 4 rings (SSSR count). The molecule has 1 saturated heterocycles. The first kappa shape index (κ1) is 27.5. The molecule has 0 bridgehead atoms. The molecule has 1 fully saturated rings. The van der Waals surface area contributed by atoms with Crippen molar-refractivity contribution in [2.45, 2.75) is 19.5 Å². The molecule has 39 heavy (non-hydrogen) atoms. The Morgan fingerprint density at radius 3 is 2.28 bits per heavy atom. The Balaban J connectivity index is 1.47. The van der Waals surface area contributed by atoms with Crippen LogP contribution in [0.1, 0.15) is 50.8 Å². The Morgan fingerprint density at radius 1 is 0.949 bits per heavy atom. The normalized spacial score (nSPS) is 13.4. The van der Waals surface area contributed by atoms with E-state index in [1.165, 1.54) is 29.4 Å². The fourth-order valence-corrected chi connectivity index (χ4v) is 4.14. The summed E-state index contributed by atoms with van der Waals surface area (Å²) in [6.07, 6.45) is -1.22. The Morgan fingerprint density at radius 2 is 1.64 bits per heavy atom. The number of nitrogens with zero attached hydrogens (tertiary/aromatic N) is 3. The van der Waals surface area contributed by atoms with E-state index in [0.717, 1.165) is 24.2 Å². The van der Waals surface area contributed by atoms with Crippen LogP contribution in [0.15, 0.2) is 60.9 Å². The molecule has 0 atom stereocenters. The summed E-state index contributed by atoms with van der Waals surface area (Å²) in [6.45, 7) is 4.20. The summed E-state index contributed by atoms with van der Waals surface area (Å²) in [7, 11) is 0. The SMILES string of the molecule is CCCNC(=O)c1ccc(N2CCN(C(=O)c3cc(C#Cc4cncc(O)c4)cc(C(F)(F)F)c3)CC2)cc1. The van der Waals surface area contributed by atoms with Crippen molar-refractivity contribution in [1.29, 1.82) is 0 Å². The number of carbonyl (C=O) groups is 2. The Labute approximate surface area is 224 Å². The average molecular weight is 537 g/mol. The lowest BCUT2D eigenvalue weighted by atomic mass is 10.0. The predicted molar refractivity (Wildman–Crippen MR) is 141 cm³/mol. The number of aromatic hydroxyl groups is 1. The van der Waals surface area contributed by atoms with Gasteiger partial charge in [-0.1, -0.05) is 18.8 Å². The second kappa shape index (κ2) is 11.9. The third-order valence-corrected chi connectivity index (χ3v) is 6.18. The Bertz CT molecular complexity index is 1400. The van der Waals surface area contributed by atoms with Gasteiger partial charge < -0.3 is 20.2 Å². The lowest BCUT2D eigenvalue weighted by Gasteiger charge is -2.36. The summed E-state index contributed by atoms with van der Waals surface area (Å²) >= 11 is 0. The number of rotatable bonds is 5. The first-order valence-electron chi connectivity index (χ1n) is 12.4. The monoisotopic (exact) mass is 536 g/mol. The number of hydrogen-bond acceptors (Lipinski definition) is 5. The first-order valence-corrected chi connectivity index (χ1v) is 12.4. The van der Waals surface area contributed by atoms with Crippen LogP contribution in [-0.2, 0) is 6.18 Å². The molecular formula is C29H27F3N4O3. The van der Waals surface area contributed by atoms with Gasteiger partial charge in [-0.2, -0.15) is 13.2 Å². The molecule has 7 nitrogen and oxygen atoms in total. The second-order valence-electron chi connectivity index (χ2n) is 9.06. The van der Waals surface area contributed by atoms with Crippen molar-refractivity contribution in [3.63, 3.8) is 0 Å². The van der Waals surface area contributed by atoms with Gasteiger partial charge in [-0.05, 0) is 55.0 Å². The lowest BCUT2D eigenvalue weighted by molar-refractivity contribution is -0.137. The van der Waals surface area contributed by atoms with E-state index in [0.29, 0.717) is 43.9 Å². The van der Waals surface area contributed by atoms with Crippen LogP contribution in [0.2, 0.25) is 0 Å². The Hall–Kier alpha value is -4.52. The maximum absolute atomic E-state index is 13.6. The van der Waals surface area contributed by atoms with Gasteiger partial charge in [0.05, 0.1) is 11.8 Å². The van der Waals surface area contributed by atoms with Gasteiger partial charge in [-0.15, -0.1) is 0 Å². The summed E-state index contributed by atoms with van der Waals surface area (Å²) in [5.41, 5.74) is 0.744. The molecule has 2 N–H and O–H groups in total. The van der Waals surface area contributed by atoms with Crippen molar-refractivity contribution in [3.05, 3.63) is 88.7 Å². The number of nitrogens with one attached hydrogen (secondary N) is 1. The third kappa shape index (κ3) is 7.08. The van der Waals surface area contributed by atoms with Gasteiger partial charge >= 0.3 is 6.18 Å². The van der Waals surface area contributed by atoms with Gasteiger partial charge in [0.1, 0.15) is 5.75 Å². The molecule has 0 aliphatic carbocycles. The van der Waals surface area contributed by atoms with E-state index in [-0.39, 0.29) is 22.8 Å². The zero-order valence-corrected chi connectivity index (χ0v) is 21.3. The summed E-state index contributed by atoms with van der Waals surface area (Å²) in [5, 5.41) is 12.4. The largest absolute Gasteiger partial charge is 0.506 e. The average Bonchev–Trinajstić information content (AvgIpc) is 2.94. The van der Waals surface area contributed by atoms with Crippen LogP contribution in [0.4, 0.5) is 18.9 Å². The third-order valence-electron chi connectivity index (χ3n) is 6.18. The van der Waals surface area contributed by atoms with E-state index in [1.54, 1.807) is 12.1 Å². The van der Waals surface area contributed by atoms with Crippen LogP contribution in [0.3, 0.4) is 0 Å². The molecular weight excluding hydrogens is 509 g/mol. The van der Waals surface area contributed by atoms with Crippen molar-refractivity contribution in [2.75, 3.05) is 37.6 Å². The molecule has 2 amide bonds. The van der Waals surface area contributed by atoms with Gasteiger partial charge in [0.15, 0.2) is 0 Å². The van der Waals surface area contributed by atoms with Gasteiger partial charge in [0.2, 0.25) is 0 Å². The number of halogens is 3. The van der Waals surface area contributed by atoms with Crippen molar-refractivity contribution in [3.8, 4) is 17.6 Å². The minimum absolute atomic E-state index is 0.0261. The van der Waals surface area contributed by atoms with Gasteiger partial charge in [-0.25, -0.2) is 0 Å². The maximum Gasteiger partial charge on any atom is 0.416 e. The number of benzene rings is 2. The quantitative estimate of drug-likeness (QED) is 0.475. The number of pyridine rings is 1. The molecule has 0 radical (unpaired) electrons. The summed E-state index contributed by atoms with van der Waals surface area (Å²) < 4.78 is 40.8. The van der Waals surface area contributed by atoms with E-state index in [1.807, 2.05) is 19.1 Å². The maximum atomic E-state index is 13.6. The zero-order valence-electron chi connectivity index (χ0n) is 21.3. The van der Waals surface area contributed by atoms with E-state index in [2.05, 4.69) is 27.0 Å². The van der Waals surface area contributed by atoms with Crippen molar-refractivity contribution < 1.29 is 27.9 Å². The van der Waals surface area contributed by atoms with Crippen molar-refractivity contribution in [2.24, 2.45) is 0 Å². The summed E-state index contributed by atoms with van der Waals surface area (Å²) in [4.78, 5) is 32.7. The van der Waals surface area contributed by atoms with Crippen LogP contribution in [0, 0.1) is 11.8 Å². The molecule has 2 aromatic carbocycles. The standard InChI is InChI=1S/C29H27F3N4O3/c1-2-9-34-27(38)22-5-7-25(8-6-22)35-10-12-36(13-11-35)28(39)23-14-20(15-24(17-23)29(30,31)32)3-4-21-16-26(37)19-33-18-21/h5-8,14-19,37H,2,9-13H2,1H3,(H,34,38). The summed E-state index contributed by atoms with van der Waals surface area (Å²) in [5.74, 6) is 4.56. The molecule has 0 unspecified atom stereocenters. The molecule has 202 valence electrons. The highest BCUT2D eigenvalue weighted by Gasteiger charge is 2.32. The minimum atomic E-state index is -4.66. The van der Waals surface area contributed by atoms with Gasteiger partial charge in [0.25, 0.3) is 11.8 Å². The number of hydrogen-bond donors (Lipinski definition) is 2. The number of piperazine rings is 1. The highest BCUT2D eigenvalue weighted by molar-refractivity contribution is 5.95. The fourth-order valence-electron chi connectivity index (χ4n) is 4.14. The smallest absolute Gasteiger partial charge is 0.416 e. The highest BCUT2D eigenvalue weighted by Crippen LogP contribution is 2.31. The van der Waals surface area contributed by atoms with Crippen LogP contribution < -0.4 is 10.2 Å². The highest BCUT2D eigenvalue weighted by atomic mass is 19.4. The topological polar surface area (TPSA) is 85.8 Å². The number of anilines is 1. The van der Waals surface area contributed by atoms with Crippen LogP contribution in [0.25, 0.3) is 0 Å². The van der Waals surface area contributed by atoms with Crippen LogP contribution in [0.5, 0.6) is 5.75 Å². The number of amides is 2. The van der Waals surface area contributed by atoms with E-state index < -0.39 is 17.6 Å². The van der Waals surface area contributed by atoms with Crippen LogP contribution in [-0.4, -0.2) is 59.5 Å². The van der Waals surface area contributed by atoms with Crippen molar-refractivity contribution in [1.82, 2.24) is 15.2 Å². The van der Waals surface area contributed by atoms with Gasteiger partial charge in [-0.3, -0.25) is 14.6 Å². The van der Waals surface area contributed by atoms with Gasteiger partial charge in [0, 0.05) is 66.9 Å². The molecule has 0 saturated carbocycles. The molecule has 1 aromatic heterocycles. The van der Waals surface area contributed by atoms with E-state index in [4.69, 9.17) is 0 Å². The van der Waals surface area contributed by atoms with Crippen LogP contribution >= 0.6 is 0 Å². The lowest BCUT2D eigenvalue weighted by Crippen LogP contribution is -2.48. The first-order chi connectivity index (χ1) is 18.6. The number of carbonyl (C=O) groups excluding carboxylic acids is 2. The Kier molecular flexibility index (Phi) is 8.39. The fraction of sp³-hybridized carbons (Fsp3) is 0.276. The van der Waals surface area contributed by atoms with E-state index >= 15 is 0 Å². The minimum Gasteiger partial charge on any atom is -0.506 e. The molecule has 1 aliphatic heterocycles.